The summed E-state index contributed by atoms with van der Waals surface area (Å²) >= 11 is 0. The Labute approximate surface area is 175 Å². The van der Waals surface area contributed by atoms with Crippen LogP contribution in [0.15, 0.2) is 10.7 Å². The standard InChI is InChI=1S/C23H28O7/c1-13-14-4-6-22(2)16(5-7-23(22)29-10-11-30-23)18(14)19(24)20-17(13)15(12-28-20)21(25)27-9-8-26-3/h12,16,24H,4-11H2,1-3H3/t16-,22?/m0/s1. The summed E-state index contributed by atoms with van der Waals surface area (Å²) in [6, 6.07) is 0. The molecule has 1 aromatic heterocycles. The van der Waals surface area contributed by atoms with Crippen molar-refractivity contribution in [3.8, 4) is 5.75 Å². The van der Waals surface area contributed by atoms with E-state index in [1.165, 1.54) is 6.26 Å². The van der Waals surface area contributed by atoms with Crippen LogP contribution in [0.25, 0.3) is 11.0 Å². The Bertz CT molecular complexity index is 1000. The molecule has 1 spiro atoms. The lowest BCUT2D eigenvalue weighted by atomic mass is 9.63. The first kappa shape index (κ1) is 19.8. The van der Waals surface area contributed by atoms with Gasteiger partial charge in [-0.05, 0) is 43.2 Å². The summed E-state index contributed by atoms with van der Waals surface area (Å²) in [7, 11) is 1.55. The van der Waals surface area contributed by atoms with Gasteiger partial charge in [0.25, 0.3) is 0 Å². The van der Waals surface area contributed by atoms with Gasteiger partial charge in [-0.2, -0.15) is 0 Å². The summed E-state index contributed by atoms with van der Waals surface area (Å²) in [6.07, 6.45) is 4.78. The molecule has 7 heteroatoms. The highest BCUT2D eigenvalue weighted by Gasteiger charge is 2.63. The number of ether oxygens (including phenoxy) is 4. The van der Waals surface area contributed by atoms with E-state index in [1.807, 2.05) is 6.92 Å². The fourth-order valence-electron chi connectivity index (χ4n) is 6.01. The maximum Gasteiger partial charge on any atom is 0.342 e. The van der Waals surface area contributed by atoms with Crippen LogP contribution in [0, 0.1) is 12.3 Å². The summed E-state index contributed by atoms with van der Waals surface area (Å²) in [5.74, 6) is -0.789. The molecule has 1 aliphatic heterocycles. The van der Waals surface area contributed by atoms with Crippen molar-refractivity contribution in [2.75, 3.05) is 33.5 Å². The van der Waals surface area contributed by atoms with Crippen molar-refractivity contribution < 1.29 is 33.3 Å². The van der Waals surface area contributed by atoms with E-state index >= 15 is 0 Å². The van der Waals surface area contributed by atoms with Crippen molar-refractivity contribution in [1.82, 2.24) is 0 Å². The van der Waals surface area contributed by atoms with Crippen LogP contribution in [0.4, 0.5) is 0 Å². The normalized spacial score (nSPS) is 26.8. The van der Waals surface area contributed by atoms with Crippen LogP contribution in [0.1, 0.15) is 59.2 Å². The Hall–Kier alpha value is -2.09. The van der Waals surface area contributed by atoms with E-state index in [-0.39, 0.29) is 23.7 Å². The number of carbonyl (C=O) groups is 1. The van der Waals surface area contributed by atoms with Crippen molar-refractivity contribution >= 4 is 16.9 Å². The zero-order chi connectivity index (χ0) is 21.1. The molecule has 3 aliphatic rings. The molecule has 1 unspecified atom stereocenters. The molecule has 30 heavy (non-hydrogen) atoms. The lowest BCUT2D eigenvalue weighted by Gasteiger charge is -2.46. The number of carbonyl (C=O) groups excluding carboxylic acids is 1. The molecular formula is C23H28O7. The second kappa shape index (κ2) is 6.97. The quantitative estimate of drug-likeness (QED) is 0.599. The Morgan fingerprint density at radius 1 is 1.27 bits per heavy atom. The largest absolute Gasteiger partial charge is 0.504 e. The number of esters is 1. The third-order valence-electron chi connectivity index (χ3n) is 7.55. The number of phenols is 1. The molecule has 0 amide bonds. The SMILES string of the molecule is COCCOC(=O)c1coc2c(O)c3c(c(C)c12)CCC1(C)[C@H]3CCC12OCCO2. The van der Waals surface area contributed by atoms with Gasteiger partial charge in [-0.15, -0.1) is 0 Å². The minimum Gasteiger partial charge on any atom is -0.504 e. The first-order valence-electron chi connectivity index (χ1n) is 10.6. The van der Waals surface area contributed by atoms with E-state index in [0.29, 0.717) is 36.4 Å². The Balaban J connectivity index is 1.60. The summed E-state index contributed by atoms with van der Waals surface area (Å²) in [5.41, 5.74) is 3.49. The molecule has 2 fully saturated rings. The van der Waals surface area contributed by atoms with Gasteiger partial charge in [-0.25, -0.2) is 4.79 Å². The van der Waals surface area contributed by atoms with Gasteiger partial charge in [0.2, 0.25) is 0 Å². The van der Waals surface area contributed by atoms with E-state index in [0.717, 1.165) is 42.4 Å². The maximum absolute atomic E-state index is 12.6. The first-order valence-corrected chi connectivity index (χ1v) is 10.6. The maximum atomic E-state index is 12.6. The number of hydrogen-bond acceptors (Lipinski definition) is 7. The highest BCUT2D eigenvalue weighted by atomic mass is 16.7. The van der Waals surface area contributed by atoms with Gasteiger partial charge in [-0.3, -0.25) is 0 Å². The fourth-order valence-corrected chi connectivity index (χ4v) is 6.01. The van der Waals surface area contributed by atoms with E-state index < -0.39 is 11.8 Å². The van der Waals surface area contributed by atoms with Crippen molar-refractivity contribution in [2.45, 2.75) is 51.2 Å². The molecular weight excluding hydrogens is 388 g/mol. The van der Waals surface area contributed by atoms with Crippen molar-refractivity contribution in [2.24, 2.45) is 5.41 Å². The van der Waals surface area contributed by atoms with Crippen molar-refractivity contribution in [1.29, 1.82) is 0 Å². The second-order valence-electron chi connectivity index (χ2n) is 8.81. The number of hydrogen-bond donors (Lipinski definition) is 1. The molecule has 2 atom stereocenters. The van der Waals surface area contributed by atoms with Crippen LogP contribution >= 0.6 is 0 Å². The lowest BCUT2D eigenvalue weighted by molar-refractivity contribution is -0.222. The molecule has 1 N–H and O–H groups in total. The predicted molar refractivity (Wildman–Crippen MR) is 108 cm³/mol. The Morgan fingerprint density at radius 3 is 2.77 bits per heavy atom. The molecule has 2 heterocycles. The van der Waals surface area contributed by atoms with E-state index in [4.69, 9.17) is 23.4 Å². The molecule has 5 rings (SSSR count). The van der Waals surface area contributed by atoms with Gasteiger partial charge in [0.1, 0.15) is 18.4 Å². The number of rotatable bonds is 4. The molecule has 7 nitrogen and oxygen atoms in total. The van der Waals surface area contributed by atoms with Crippen LogP contribution in [-0.4, -0.2) is 50.4 Å². The van der Waals surface area contributed by atoms with Crippen LogP contribution in [0.2, 0.25) is 0 Å². The molecule has 2 aromatic rings. The van der Waals surface area contributed by atoms with Gasteiger partial charge < -0.3 is 28.5 Å². The zero-order valence-corrected chi connectivity index (χ0v) is 17.7. The van der Waals surface area contributed by atoms with Crippen molar-refractivity contribution in [3.63, 3.8) is 0 Å². The summed E-state index contributed by atoms with van der Waals surface area (Å²) < 4.78 is 28.2. The van der Waals surface area contributed by atoms with Crippen LogP contribution in [-0.2, 0) is 25.4 Å². The van der Waals surface area contributed by atoms with E-state index in [2.05, 4.69) is 6.92 Å². The minimum absolute atomic E-state index is 0.115. The monoisotopic (exact) mass is 416 g/mol. The summed E-state index contributed by atoms with van der Waals surface area (Å²) in [5, 5.41) is 11.9. The first-order chi connectivity index (χ1) is 14.4. The molecule has 162 valence electrons. The third-order valence-corrected chi connectivity index (χ3v) is 7.55. The van der Waals surface area contributed by atoms with Gasteiger partial charge in [-0.1, -0.05) is 6.92 Å². The smallest absolute Gasteiger partial charge is 0.342 e. The third kappa shape index (κ3) is 2.52. The number of benzene rings is 1. The number of aromatic hydroxyl groups is 1. The van der Waals surface area contributed by atoms with E-state index in [1.54, 1.807) is 7.11 Å². The molecule has 1 saturated heterocycles. The Kier molecular flexibility index (Phi) is 4.61. The molecule has 2 aliphatic carbocycles. The number of phenolic OH excluding ortho intramolecular Hbond substituents is 1. The average molecular weight is 416 g/mol. The van der Waals surface area contributed by atoms with Crippen LogP contribution < -0.4 is 0 Å². The van der Waals surface area contributed by atoms with Crippen molar-refractivity contribution in [3.05, 3.63) is 28.5 Å². The summed E-state index contributed by atoms with van der Waals surface area (Å²) in [4.78, 5) is 12.6. The molecule has 1 saturated carbocycles. The minimum atomic E-state index is -0.565. The molecule has 0 bridgehead atoms. The lowest BCUT2D eigenvalue weighted by Crippen LogP contribution is -2.47. The number of methoxy groups -OCH3 is 1. The zero-order valence-electron chi connectivity index (χ0n) is 17.7. The molecule has 1 aromatic carbocycles. The fraction of sp³-hybridized carbons (Fsp3) is 0.609. The highest BCUT2D eigenvalue weighted by molar-refractivity contribution is 6.06. The molecule has 0 radical (unpaired) electrons. The van der Waals surface area contributed by atoms with Gasteiger partial charge >= 0.3 is 5.97 Å². The summed E-state index contributed by atoms with van der Waals surface area (Å²) in [6.45, 7) is 5.95. The van der Waals surface area contributed by atoms with Gasteiger partial charge in [0.05, 0.1) is 19.8 Å². The Morgan fingerprint density at radius 2 is 2.03 bits per heavy atom. The predicted octanol–water partition coefficient (Wildman–Crippen LogP) is 3.82. The van der Waals surface area contributed by atoms with E-state index in [9.17, 15) is 9.90 Å². The second-order valence-corrected chi connectivity index (χ2v) is 8.81. The van der Waals surface area contributed by atoms with Gasteiger partial charge in [0, 0.05) is 29.9 Å². The number of fused-ring (bicyclic) bond motifs is 5. The van der Waals surface area contributed by atoms with Crippen LogP contribution in [0.5, 0.6) is 5.75 Å². The number of aryl methyl sites for hydroxylation is 1. The highest BCUT2D eigenvalue weighted by Crippen LogP contribution is 2.65. The average Bonchev–Trinajstić information content (AvgIpc) is 3.45. The van der Waals surface area contributed by atoms with Crippen LogP contribution in [0.3, 0.4) is 0 Å². The topological polar surface area (TPSA) is 87.4 Å². The van der Waals surface area contributed by atoms with Gasteiger partial charge in [0.15, 0.2) is 17.1 Å². The number of furan rings is 1.